The summed E-state index contributed by atoms with van der Waals surface area (Å²) in [6.45, 7) is 13.2. The molecule has 1 unspecified atom stereocenters. The Morgan fingerprint density at radius 1 is 1.08 bits per heavy atom. The van der Waals surface area contributed by atoms with Crippen LogP contribution in [0.4, 0.5) is 0 Å². The third-order valence-electron chi connectivity index (χ3n) is 5.98. The smallest absolute Gasteiger partial charge is 0.193 e. The first kappa shape index (κ1) is 19.9. The van der Waals surface area contributed by atoms with Gasteiger partial charge in [-0.15, -0.1) is 0 Å². The van der Waals surface area contributed by atoms with Crippen molar-refractivity contribution in [1.82, 2.24) is 24.9 Å². The van der Waals surface area contributed by atoms with Gasteiger partial charge in [-0.3, -0.25) is 9.89 Å². The number of hydrogen-bond acceptors (Lipinski definition) is 5. The molecule has 0 aromatic heterocycles. The molecule has 0 saturated carbocycles. The van der Waals surface area contributed by atoms with Gasteiger partial charge in [0.1, 0.15) is 0 Å². The summed E-state index contributed by atoms with van der Waals surface area (Å²) in [5, 5.41) is 3.59. The molecule has 3 aliphatic heterocycles. The van der Waals surface area contributed by atoms with Crippen LogP contribution in [0, 0.1) is 0 Å². The Kier molecular flexibility index (Phi) is 7.98. The minimum atomic E-state index is 0.659. The number of nitrogens with one attached hydrogen (secondary N) is 1. The van der Waals surface area contributed by atoms with E-state index >= 15 is 0 Å². The Balaban J connectivity index is 1.34. The highest BCUT2D eigenvalue weighted by atomic mass is 16.5. The molecule has 26 heavy (non-hydrogen) atoms. The summed E-state index contributed by atoms with van der Waals surface area (Å²) in [6, 6.07) is 0.659. The van der Waals surface area contributed by atoms with E-state index in [0.29, 0.717) is 6.04 Å². The first-order valence-corrected chi connectivity index (χ1v) is 10.4. The molecular weight excluding hydrogens is 328 g/mol. The molecule has 1 atom stereocenters. The fourth-order valence-electron chi connectivity index (χ4n) is 4.33. The van der Waals surface area contributed by atoms with Crippen LogP contribution < -0.4 is 5.32 Å². The van der Waals surface area contributed by atoms with Gasteiger partial charge in [-0.25, -0.2) is 0 Å². The van der Waals surface area contributed by atoms with Crippen LogP contribution in [0.1, 0.15) is 19.3 Å². The fraction of sp³-hybridized carbons (Fsp3) is 0.947. The molecule has 7 heteroatoms. The molecule has 0 amide bonds. The monoisotopic (exact) mass is 366 g/mol. The second-order valence-electron chi connectivity index (χ2n) is 7.86. The molecule has 0 bridgehead atoms. The van der Waals surface area contributed by atoms with Gasteiger partial charge >= 0.3 is 0 Å². The number of morpholine rings is 1. The average molecular weight is 367 g/mol. The van der Waals surface area contributed by atoms with Crippen molar-refractivity contribution < 1.29 is 4.74 Å². The molecule has 3 saturated heterocycles. The van der Waals surface area contributed by atoms with Gasteiger partial charge in [-0.2, -0.15) is 0 Å². The topological polar surface area (TPSA) is 46.6 Å². The molecule has 1 N–H and O–H groups in total. The van der Waals surface area contributed by atoms with Gasteiger partial charge in [0, 0.05) is 58.9 Å². The molecule has 0 aromatic carbocycles. The van der Waals surface area contributed by atoms with Crippen molar-refractivity contribution in [3.63, 3.8) is 0 Å². The van der Waals surface area contributed by atoms with Crippen molar-refractivity contribution in [2.24, 2.45) is 4.99 Å². The largest absolute Gasteiger partial charge is 0.379 e. The van der Waals surface area contributed by atoms with E-state index in [-0.39, 0.29) is 0 Å². The van der Waals surface area contributed by atoms with E-state index in [2.05, 4.69) is 37.0 Å². The molecule has 3 rings (SSSR count). The lowest BCUT2D eigenvalue weighted by Crippen LogP contribution is -2.47. The number of nitrogens with zero attached hydrogens (tertiary/aromatic N) is 5. The highest BCUT2D eigenvalue weighted by Crippen LogP contribution is 2.17. The number of likely N-dealkylation sites (tertiary alicyclic amines) is 1. The zero-order valence-corrected chi connectivity index (χ0v) is 16.8. The van der Waals surface area contributed by atoms with Gasteiger partial charge in [0.05, 0.1) is 13.2 Å². The SMILES string of the molecule is CN=C(NCCCN1CCCN(C)CC1)N1CCC(N2CCOCC2)C1. The quantitative estimate of drug-likeness (QED) is 0.420. The van der Waals surface area contributed by atoms with E-state index in [1.54, 1.807) is 0 Å². The molecule has 3 heterocycles. The van der Waals surface area contributed by atoms with Crippen molar-refractivity contribution >= 4 is 5.96 Å². The molecular formula is C19H38N6O. The molecule has 3 aliphatic rings. The summed E-state index contributed by atoms with van der Waals surface area (Å²) in [5.41, 5.74) is 0. The first-order chi connectivity index (χ1) is 12.8. The van der Waals surface area contributed by atoms with Crippen LogP contribution in [-0.2, 0) is 4.74 Å². The maximum absolute atomic E-state index is 5.49. The summed E-state index contributed by atoms with van der Waals surface area (Å²) < 4.78 is 5.49. The van der Waals surface area contributed by atoms with E-state index in [4.69, 9.17) is 4.74 Å². The van der Waals surface area contributed by atoms with Crippen LogP contribution in [0.15, 0.2) is 4.99 Å². The van der Waals surface area contributed by atoms with Gasteiger partial charge in [-0.1, -0.05) is 0 Å². The Morgan fingerprint density at radius 3 is 2.73 bits per heavy atom. The minimum absolute atomic E-state index is 0.659. The van der Waals surface area contributed by atoms with Crippen molar-refractivity contribution in [1.29, 1.82) is 0 Å². The predicted molar refractivity (Wildman–Crippen MR) is 107 cm³/mol. The van der Waals surface area contributed by atoms with Crippen LogP contribution in [-0.4, -0.2) is 124 Å². The van der Waals surface area contributed by atoms with Crippen LogP contribution in [0.25, 0.3) is 0 Å². The van der Waals surface area contributed by atoms with Gasteiger partial charge in [0.25, 0.3) is 0 Å². The second kappa shape index (κ2) is 10.4. The molecule has 7 nitrogen and oxygen atoms in total. The summed E-state index contributed by atoms with van der Waals surface area (Å²) in [7, 11) is 4.14. The Labute approximate surface area is 159 Å². The molecule has 0 radical (unpaired) electrons. The summed E-state index contributed by atoms with van der Waals surface area (Å²) in [4.78, 5) is 14.6. The highest BCUT2D eigenvalue weighted by Gasteiger charge is 2.30. The van der Waals surface area contributed by atoms with Crippen molar-refractivity contribution in [2.75, 3.05) is 92.8 Å². The Bertz CT molecular complexity index is 440. The lowest BCUT2D eigenvalue weighted by molar-refractivity contribution is 0.0195. The molecule has 0 spiro atoms. The number of guanidine groups is 1. The predicted octanol–water partition coefficient (Wildman–Crippen LogP) is -0.00410. The summed E-state index contributed by atoms with van der Waals surface area (Å²) >= 11 is 0. The number of ether oxygens (including phenoxy) is 1. The van der Waals surface area contributed by atoms with Crippen LogP contribution in [0.3, 0.4) is 0 Å². The maximum atomic E-state index is 5.49. The zero-order valence-electron chi connectivity index (χ0n) is 16.8. The van der Waals surface area contributed by atoms with E-state index in [1.807, 2.05) is 7.05 Å². The van der Waals surface area contributed by atoms with E-state index in [0.717, 1.165) is 51.9 Å². The van der Waals surface area contributed by atoms with E-state index in [1.165, 1.54) is 52.0 Å². The highest BCUT2D eigenvalue weighted by molar-refractivity contribution is 5.80. The third-order valence-corrected chi connectivity index (χ3v) is 5.98. The van der Waals surface area contributed by atoms with Crippen LogP contribution in [0.5, 0.6) is 0 Å². The lowest BCUT2D eigenvalue weighted by Gasteiger charge is -2.32. The maximum Gasteiger partial charge on any atom is 0.193 e. The van der Waals surface area contributed by atoms with E-state index in [9.17, 15) is 0 Å². The number of hydrogen-bond donors (Lipinski definition) is 1. The minimum Gasteiger partial charge on any atom is -0.379 e. The Morgan fingerprint density at radius 2 is 1.92 bits per heavy atom. The summed E-state index contributed by atoms with van der Waals surface area (Å²) in [6.07, 6.45) is 3.72. The van der Waals surface area contributed by atoms with Crippen LogP contribution >= 0.6 is 0 Å². The second-order valence-corrected chi connectivity index (χ2v) is 7.86. The number of rotatable bonds is 5. The molecule has 150 valence electrons. The van der Waals surface area contributed by atoms with Gasteiger partial charge in [0.2, 0.25) is 0 Å². The van der Waals surface area contributed by atoms with Crippen LogP contribution in [0.2, 0.25) is 0 Å². The van der Waals surface area contributed by atoms with Gasteiger partial charge in [-0.05, 0) is 45.9 Å². The Hall–Kier alpha value is -0.890. The normalized spacial score (nSPS) is 27.7. The standard InChI is InChI=1S/C19H38N6O/c1-20-19(21-6-3-8-23-9-4-7-22(2)11-12-23)25-10-5-18(17-25)24-13-15-26-16-14-24/h18H,3-17H2,1-2H3,(H,20,21). The average Bonchev–Trinajstić information content (AvgIpc) is 3.07. The van der Waals surface area contributed by atoms with Crippen molar-refractivity contribution in [3.8, 4) is 0 Å². The molecule has 0 aliphatic carbocycles. The first-order valence-electron chi connectivity index (χ1n) is 10.4. The zero-order chi connectivity index (χ0) is 18.2. The van der Waals surface area contributed by atoms with Gasteiger partial charge < -0.3 is 24.8 Å². The summed E-state index contributed by atoms with van der Waals surface area (Å²) in [5.74, 6) is 1.08. The molecule has 3 fully saturated rings. The molecule has 0 aromatic rings. The van der Waals surface area contributed by atoms with E-state index < -0.39 is 0 Å². The number of likely N-dealkylation sites (N-methyl/N-ethyl adjacent to an activating group) is 1. The fourth-order valence-corrected chi connectivity index (χ4v) is 4.33. The number of aliphatic imine (C=N–C) groups is 1. The van der Waals surface area contributed by atoms with Gasteiger partial charge in [0.15, 0.2) is 5.96 Å². The van der Waals surface area contributed by atoms with Crippen molar-refractivity contribution in [2.45, 2.75) is 25.3 Å². The lowest BCUT2D eigenvalue weighted by atomic mass is 10.2. The van der Waals surface area contributed by atoms with Crippen molar-refractivity contribution in [3.05, 3.63) is 0 Å². The third kappa shape index (κ3) is 5.81.